The monoisotopic (exact) mass is 282 g/mol. The number of aromatic nitrogens is 1. The van der Waals surface area contributed by atoms with Gasteiger partial charge in [0.25, 0.3) is 0 Å². The van der Waals surface area contributed by atoms with Crippen LogP contribution < -0.4 is 4.74 Å². The quantitative estimate of drug-likeness (QED) is 0.840. The molecule has 3 nitrogen and oxygen atoms in total. The molecule has 1 unspecified atom stereocenters. The van der Waals surface area contributed by atoms with Crippen LogP contribution in [0.4, 0.5) is 0 Å². The minimum absolute atomic E-state index is 0.601. The zero-order valence-corrected chi connectivity index (χ0v) is 12.3. The largest absolute Gasteiger partial charge is 0.477 e. The SMILES string of the molecule is c1ccc(CN2CCCC(COc3ccccn3)C2)cc1. The Hall–Kier alpha value is -1.87. The molecule has 0 bridgehead atoms. The maximum Gasteiger partial charge on any atom is 0.213 e. The van der Waals surface area contributed by atoms with Crippen LogP contribution in [0.2, 0.25) is 0 Å². The fourth-order valence-electron chi connectivity index (χ4n) is 2.91. The van der Waals surface area contributed by atoms with Crippen LogP contribution >= 0.6 is 0 Å². The first-order chi connectivity index (χ1) is 10.4. The molecule has 0 amide bonds. The van der Waals surface area contributed by atoms with Gasteiger partial charge in [-0.3, -0.25) is 4.90 Å². The van der Waals surface area contributed by atoms with Gasteiger partial charge in [-0.05, 0) is 31.0 Å². The van der Waals surface area contributed by atoms with Gasteiger partial charge in [0, 0.05) is 31.3 Å². The molecular weight excluding hydrogens is 260 g/mol. The molecule has 3 heteroatoms. The van der Waals surface area contributed by atoms with Crippen molar-refractivity contribution in [1.82, 2.24) is 9.88 Å². The van der Waals surface area contributed by atoms with Gasteiger partial charge in [-0.1, -0.05) is 36.4 Å². The lowest BCUT2D eigenvalue weighted by atomic mass is 9.98. The average molecular weight is 282 g/mol. The maximum atomic E-state index is 5.81. The van der Waals surface area contributed by atoms with E-state index in [1.54, 1.807) is 6.20 Å². The Labute approximate surface area is 126 Å². The fraction of sp³-hybridized carbons (Fsp3) is 0.389. The summed E-state index contributed by atoms with van der Waals surface area (Å²) in [6, 6.07) is 16.5. The van der Waals surface area contributed by atoms with Gasteiger partial charge < -0.3 is 4.74 Å². The summed E-state index contributed by atoms with van der Waals surface area (Å²) in [5.41, 5.74) is 1.39. The third-order valence-corrected chi connectivity index (χ3v) is 3.96. The van der Waals surface area contributed by atoms with Gasteiger partial charge in [-0.25, -0.2) is 4.98 Å². The number of pyridine rings is 1. The van der Waals surface area contributed by atoms with E-state index in [-0.39, 0.29) is 0 Å². The van der Waals surface area contributed by atoms with E-state index in [2.05, 4.69) is 40.2 Å². The van der Waals surface area contributed by atoms with Gasteiger partial charge in [0.1, 0.15) is 0 Å². The molecule has 1 aromatic carbocycles. The summed E-state index contributed by atoms with van der Waals surface area (Å²) in [4.78, 5) is 6.75. The zero-order valence-electron chi connectivity index (χ0n) is 12.3. The molecule has 1 aromatic heterocycles. The third-order valence-electron chi connectivity index (χ3n) is 3.96. The molecule has 110 valence electrons. The topological polar surface area (TPSA) is 25.4 Å². The fourth-order valence-corrected chi connectivity index (χ4v) is 2.91. The van der Waals surface area contributed by atoms with Crippen molar-refractivity contribution in [2.24, 2.45) is 5.92 Å². The second kappa shape index (κ2) is 7.23. The van der Waals surface area contributed by atoms with Crippen LogP contribution in [0.3, 0.4) is 0 Å². The first-order valence-corrected chi connectivity index (χ1v) is 7.70. The minimum Gasteiger partial charge on any atom is -0.477 e. The highest BCUT2D eigenvalue weighted by Crippen LogP contribution is 2.19. The van der Waals surface area contributed by atoms with Crippen molar-refractivity contribution in [1.29, 1.82) is 0 Å². The van der Waals surface area contributed by atoms with E-state index in [0.29, 0.717) is 5.92 Å². The first-order valence-electron chi connectivity index (χ1n) is 7.70. The summed E-state index contributed by atoms with van der Waals surface area (Å²) in [7, 11) is 0. The summed E-state index contributed by atoms with van der Waals surface area (Å²) >= 11 is 0. The van der Waals surface area contributed by atoms with E-state index < -0.39 is 0 Å². The van der Waals surface area contributed by atoms with E-state index in [1.165, 1.54) is 24.9 Å². The lowest BCUT2D eigenvalue weighted by Gasteiger charge is -2.32. The molecule has 21 heavy (non-hydrogen) atoms. The number of hydrogen-bond acceptors (Lipinski definition) is 3. The Bertz CT molecular complexity index is 529. The molecular formula is C18H22N2O. The second-order valence-corrected chi connectivity index (χ2v) is 5.71. The molecule has 0 radical (unpaired) electrons. The molecule has 0 spiro atoms. The second-order valence-electron chi connectivity index (χ2n) is 5.71. The smallest absolute Gasteiger partial charge is 0.213 e. The van der Waals surface area contributed by atoms with Gasteiger partial charge in [0.05, 0.1) is 6.61 Å². The number of nitrogens with zero attached hydrogens (tertiary/aromatic N) is 2. The molecule has 0 aliphatic carbocycles. The summed E-state index contributed by atoms with van der Waals surface area (Å²) in [6.45, 7) is 4.11. The predicted molar refractivity (Wildman–Crippen MR) is 84.2 cm³/mol. The van der Waals surface area contributed by atoms with Crippen molar-refractivity contribution in [2.45, 2.75) is 19.4 Å². The maximum absolute atomic E-state index is 5.81. The number of rotatable bonds is 5. The Morgan fingerprint density at radius 2 is 1.95 bits per heavy atom. The lowest BCUT2D eigenvalue weighted by Crippen LogP contribution is -2.37. The summed E-state index contributed by atoms with van der Waals surface area (Å²) in [6.07, 6.45) is 4.28. The van der Waals surface area contributed by atoms with Crippen molar-refractivity contribution in [3.63, 3.8) is 0 Å². The Morgan fingerprint density at radius 3 is 2.76 bits per heavy atom. The molecule has 1 fully saturated rings. The average Bonchev–Trinajstić information content (AvgIpc) is 2.55. The highest BCUT2D eigenvalue weighted by Gasteiger charge is 2.20. The minimum atomic E-state index is 0.601. The number of likely N-dealkylation sites (tertiary alicyclic amines) is 1. The van der Waals surface area contributed by atoms with E-state index in [4.69, 9.17) is 4.74 Å². The van der Waals surface area contributed by atoms with Gasteiger partial charge >= 0.3 is 0 Å². The molecule has 2 aromatic rings. The highest BCUT2D eigenvalue weighted by atomic mass is 16.5. The molecule has 0 N–H and O–H groups in total. The summed E-state index contributed by atoms with van der Waals surface area (Å²) in [5.74, 6) is 1.34. The molecule has 1 saturated heterocycles. The van der Waals surface area contributed by atoms with E-state index in [1.807, 2.05) is 18.2 Å². The van der Waals surface area contributed by atoms with Crippen molar-refractivity contribution in [2.75, 3.05) is 19.7 Å². The van der Waals surface area contributed by atoms with Gasteiger partial charge in [-0.2, -0.15) is 0 Å². The van der Waals surface area contributed by atoms with Crippen molar-refractivity contribution >= 4 is 0 Å². The summed E-state index contributed by atoms with van der Waals surface area (Å²) < 4.78 is 5.81. The number of piperidine rings is 1. The van der Waals surface area contributed by atoms with Crippen LogP contribution in [0.1, 0.15) is 18.4 Å². The van der Waals surface area contributed by atoms with Crippen molar-refractivity contribution in [3.05, 3.63) is 60.3 Å². The molecule has 3 rings (SSSR count). The highest BCUT2D eigenvalue weighted by molar-refractivity contribution is 5.14. The van der Waals surface area contributed by atoms with Crippen LogP contribution in [-0.4, -0.2) is 29.6 Å². The molecule has 1 aliphatic heterocycles. The van der Waals surface area contributed by atoms with Crippen LogP contribution in [0.25, 0.3) is 0 Å². The number of benzene rings is 1. The number of hydrogen-bond donors (Lipinski definition) is 0. The Balaban J connectivity index is 1.49. The van der Waals surface area contributed by atoms with Gasteiger partial charge in [-0.15, -0.1) is 0 Å². The van der Waals surface area contributed by atoms with Crippen LogP contribution in [-0.2, 0) is 6.54 Å². The lowest BCUT2D eigenvalue weighted by molar-refractivity contribution is 0.123. The van der Waals surface area contributed by atoms with E-state index >= 15 is 0 Å². The van der Waals surface area contributed by atoms with Crippen LogP contribution in [0.5, 0.6) is 5.88 Å². The Kier molecular flexibility index (Phi) is 4.85. The van der Waals surface area contributed by atoms with E-state index in [0.717, 1.165) is 25.6 Å². The predicted octanol–water partition coefficient (Wildman–Crippen LogP) is 3.37. The van der Waals surface area contributed by atoms with Crippen LogP contribution in [0.15, 0.2) is 54.7 Å². The number of ether oxygens (including phenoxy) is 1. The van der Waals surface area contributed by atoms with Crippen molar-refractivity contribution < 1.29 is 4.74 Å². The van der Waals surface area contributed by atoms with Gasteiger partial charge in [0.15, 0.2) is 0 Å². The third kappa shape index (κ3) is 4.30. The van der Waals surface area contributed by atoms with Crippen LogP contribution in [0, 0.1) is 5.92 Å². The molecule has 1 atom stereocenters. The standard InChI is InChI=1S/C18H22N2O/c1-2-7-16(8-3-1)13-20-12-6-9-17(14-20)15-21-18-10-4-5-11-19-18/h1-5,7-8,10-11,17H,6,9,12-15H2. The van der Waals surface area contributed by atoms with Crippen molar-refractivity contribution in [3.8, 4) is 5.88 Å². The first kappa shape index (κ1) is 14.1. The molecule has 0 saturated carbocycles. The normalized spacial score (nSPS) is 19.3. The molecule has 2 heterocycles. The van der Waals surface area contributed by atoms with Gasteiger partial charge in [0.2, 0.25) is 5.88 Å². The zero-order chi connectivity index (χ0) is 14.3. The Morgan fingerprint density at radius 1 is 1.10 bits per heavy atom. The molecule has 1 aliphatic rings. The summed E-state index contributed by atoms with van der Waals surface area (Å²) in [5, 5.41) is 0. The van der Waals surface area contributed by atoms with E-state index in [9.17, 15) is 0 Å².